The summed E-state index contributed by atoms with van der Waals surface area (Å²) < 4.78 is 4.20. The van der Waals surface area contributed by atoms with Crippen LogP contribution in [0.25, 0.3) is 0 Å². The Labute approximate surface area is 138 Å². The molecule has 7 heteroatoms. The fraction of sp³-hybridized carbons (Fsp3) is 0.600. The Hall–Kier alpha value is 1.94. The van der Waals surface area contributed by atoms with Gasteiger partial charge in [-0.15, -0.1) is 0 Å². The summed E-state index contributed by atoms with van der Waals surface area (Å²) >= 11 is 0. The second-order valence-corrected chi connectivity index (χ2v) is 1.47. The van der Waals surface area contributed by atoms with Crippen molar-refractivity contribution >= 4 is 101 Å². The van der Waals surface area contributed by atoms with Crippen molar-refractivity contribution in [2.75, 3.05) is 7.11 Å². The minimum absolute atomic E-state index is 0. The summed E-state index contributed by atoms with van der Waals surface area (Å²) in [6.45, 7) is 0. The fourth-order valence-corrected chi connectivity index (χ4v) is 0.311. The number of methoxy groups -OCH3 is 1. The van der Waals surface area contributed by atoms with Crippen molar-refractivity contribution in [3.63, 3.8) is 0 Å². The van der Waals surface area contributed by atoms with Gasteiger partial charge in [0.25, 0.3) is 0 Å². The van der Waals surface area contributed by atoms with Gasteiger partial charge in [0.05, 0.1) is 20.0 Å². The van der Waals surface area contributed by atoms with E-state index in [0.29, 0.717) is 0 Å². The van der Waals surface area contributed by atoms with Crippen LogP contribution < -0.4 is 0 Å². The van der Waals surface area contributed by atoms with Gasteiger partial charge in [0.1, 0.15) is 0 Å². The molecule has 0 heterocycles. The van der Waals surface area contributed by atoms with Crippen molar-refractivity contribution < 1.29 is 19.4 Å². The molecule has 0 rings (SSSR count). The third-order valence-corrected chi connectivity index (χ3v) is 0.771. The molecule has 0 spiro atoms. The summed E-state index contributed by atoms with van der Waals surface area (Å²) in [6, 6.07) is 0. The number of esters is 1. The Bertz CT molecular complexity index is 128. The van der Waals surface area contributed by atoms with E-state index < -0.39 is 11.9 Å². The molecule has 0 saturated heterocycles. The average molecular weight is 204 g/mol. The zero-order valence-corrected chi connectivity index (χ0v) is 5.09. The molecule has 0 aliphatic rings. The van der Waals surface area contributed by atoms with Crippen LogP contribution in [0.1, 0.15) is 12.8 Å². The SMILES string of the molecule is COC(=O)CCC(=O)O.[NaH].[NaH].[NaH]. The maximum absolute atomic E-state index is 10.2. The Kier molecular flexibility index (Phi) is 30.3. The molecule has 58 valence electrons. The molecule has 0 bridgehead atoms. The third kappa shape index (κ3) is 17.9. The molecule has 0 aromatic rings. The Morgan fingerprint density at radius 2 is 1.58 bits per heavy atom. The molecule has 0 aromatic carbocycles. The van der Waals surface area contributed by atoms with E-state index in [1.165, 1.54) is 7.11 Å². The monoisotopic (exact) mass is 204 g/mol. The predicted molar refractivity (Wildman–Crippen MR) is 50.3 cm³/mol. The van der Waals surface area contributed by atoms with Crippen molar-refractivity contribution in [3.05, 3.63) is 0 Å². The van der Waals surface area contributed by atoms with E-state index in [1.54, 1.807) is 0 Å². The molecule has 0 unspecified atom stereocenters. The number of hydrogen-bond donors (Lipinski definition) is 1. The van der Waals surface area contributed by atoms with Gasteiger partial charge in [-0.05, 0) is 0 Å². The zero-order chi connectivity index (χ0) is 7.28. The first-order chi connectivity index (χ1) is 4.16. The average Bonchev–Trinajstić information content (AvgIpc) is 1.83. The van der Waals surface area contributed by atoms with Crippen molar-refractivity contribution in [1.29, 1.82) is 0 Å². The summed E-state index contributed by atoms with van der Waals surface area (Å²) in [5, 5.41) is 8.05. The summed E-state index contributed by atoms with van der Waals surface area (Å²) in [4.78, 5) is 20.0. The van der Waals surface area contributed by atoms with E-state index in [4.69, 9.17) is 5.11 Å². The summed E-state index contributed by atoms with van der Waals surface area (Å²) in [6.07, 6.45) is -0.210. The second kappa shape index (κ2) is 15.4. The number of rotatable bonds is 3. The molecule has 0 atom stereocenters. The number of ether oxygens (including phenoxy) is 1. The van der Waals surface area contributed by atoms with E-state index in [9.17, 15) is 9.59 Å². The van der Waals surface area contributed by atoms with E-state index in [2.05, 4.69) is 4.74 Å². The summed E-state index contributed by atoms with van der Waals surface area (Å²) in [5.74, 6) is -1.47. The van der Waals surface area contributed by atoms with Gasteiger partial charge < -0.3 is 9.84 Å². The topological polar surface area (TPSA) is 63.6 Å². The second-order valence-electron chi connectivity index (χ2n) is 1.47. The molecule has 0 aromatic heterocycles. The van der Waals surface area contributed by atoms with Crippen LogP contribution in [0.3, 0.4) is 0 Å². The van der Waals surface area contributed by atoms with E-state index in [1.807, 2.05) is 0 Å². The van der Waals surface area contributed by atoms with Gasteiger partial charge in [-0.3, -0.25) is 9.59 Å². The number of carbonyl (C=O) groups excluding carboxylic acids is 1. The van der Waals surface area contributed by atoms with Crippen LogP contribution in [0, 0.1) is 0 Å². The Morgan fingerprint density at radius 1 is 1.17 bits per heavy atom. The van der Waals surface area contributed by atoms with Crippen LogP contribution in [0.15, 0.2) is 0 Å². The van der Waals surface area contributed by atoms with Gasteiger partial charge in [-0.1, -0.05) is 0 Å². The van der Waals surface area contributed by atoms with Crippen molar-refractivity contribution in [3.8, 4) is 0 Å². The molecule has 4 nitrogen and oxygen atoms in total. The van der Waals surface area contributed by atoms with Crippen LogP contribution in [0.5, 0.6) is 0 Å². The molecule has 0 amide bonds. The van der Waals surface area contributed by atoms with Crippen LogP contribution >= 0.6 is 0 Å². The molecule has 1 N–H and O–H groups in total. The van der Waals surface area contributed by atoms with Crippen LogP contribution in [0.4, 0.5) is 0 Å². The zero-order valence-electron chi connectivity index (χ0n) is 5.09. The first-order valence-electron chi connectivity index (χ1n) is 2.45. The number of hydrogen-bond acceptors (Lipinski definition) is 3. The minimum atomic E-state index is -0.986. The number of carbonyl (C=O) groups is 2. The quantitative estimate of drug-likeness (QED) is 0.430. The Balaban J connectivity index is -0.000000107. The molecule has 0 aliphatic carbocycles. The molecule has 0 aliphatic heterocycles. The van der Waals surface area contributed by atoms with Gasteiger partial charge in [0.2, 0.25) is 0 Å². The van der Waals surface area contributed by atoms with Crippen LogP contribution in [-0.4, -0.2) is 113 Å². The van der Waals surface area contributed by atoms with E-state index in [0.717, 1.165) is 0 Å². The van der Waals surface area contributed by atoms with Crippen LogP contribution in [-0.2, 0) is 14.3 Å². The molecular formula is C5H11Na3O4. The van der Waals surface area contributed by atoms with Crippen molar-refractivity contribution in [1.82, 2.24) is 0 Å². The number of carboxylic acid groups (broad SMARTS) is 1. The van der Waals surface area contributed by atoms with Gasteiger partial charge in [-0.25, -0.2) is 0 Å². The number of carboxylic acids is 1. The van der Waals surface area contributed by atoms with E-state index in [-0.39, 0.29) is 102 Å². The Morgan fingerprint density at radius 3 is 1.83 bits per heavy atom. The van der Waals surface area contributed by atoms with Crippen molar-refractivity contribution in [2.24, 2.45) is 0 Å². The van der Waals surface area contributed by atoms with Gasteiger partial charge in [0.15, 0.2) is 0 Å². The van der Waals surface area contributed by atoms with Gasteiger partial charge in [-0.2, -0.15) is 0 Å². The van der Waals surface area contributed by atoms with Crippen molar-refractivity contribution in [2.45, 2.75) is 12.8 Å². The molecule has 0 saturated carbocycles. The molecule has 0 radical (unpaired) electrons. The first kappa shape index (κ1) is 23.6. The summed E-state index contributed by atoms with van der Waals surface area (Å²) in [7, 11) is 1.23. The summed E-state index contributed by atoms with van der Waals surface area (Å²) in [5.41, 5.74) is 0. The molecular weight excluding hydrogens is 193 g/mol. The standard InChI is InChI=1S/C5H8O4.3Na.3H/c1-9-5(8)3-2-4(6)7;;;;;;/h2-3H2,1H3,(H,6,7);;;;;;. The maximum atomic E-state index is 10.2. The number of aliphatic carboxylic acids is 1. The molecule has 12 heavy (non-hydrogen) atoms. The van der Waals surface area contributed by atoms with Crippen LogP contribution in [0.2, 0.25) is 0 Å². The first-order valence-corrected chi connectivity index (χ1v) is 2.45. The van der Waals surface area contributed by atoms with Gasteiger partial charge >= 0.3 is 101 Å². The fourth-order valence-electron chi connectivity index (χ4n) is 0.311. The van der Waals surface area contributed by atoms with Gasteiger partial charge in [0, 0.05) is 0 Å². The normalized spacial score (nSPS) is 6.42. The third-order valence-electron chi connectivity index (χ3n) is 0.771. The molecule has 0 fully saturated rings. The predicted octanol–water partition coefficient (Wildman–Crippen LogP) is -1.92. The van der Waals surface area contributed by atoms with E-state index >= 15 is 0 Å².